The van der Waals surface area contributed by atoms with E-state index in [1.54, 1.807) is 0 Å². The molecule has 0 saturated carbocycles. The minimum Gasteiger partial charge on any atom is -0.460 e. The first-order chi connectivity index (χ1) is 19.2. The van der Waals surface area contributed by atoms with Crippen LogP contribution in [0.1, 0.15) is 59.8 Å². The standard InChI is InChI=1S/C24H40NO15P/c1-6-15(26)37-19(21(39-17(28)8-3)23(30)25-11-10-14-41(32,33)34)20(38-16(27)7-2)22(40-18(29)9-4)24(31)36-13-12-35-5/h19-22H,6-14H2,1-5H3,(H,25,30)(H2,32,33,34). The Hall–Kier alpha value is -3.07. The number of ether oxygens (including phenoxy) is 6. The highest BCUT2D eigenvalue weighted by Crippen LogP contribution is 2.34. The molecule has 0 saturated heterocycles. The lowest BCUT2D eigenvalue weighted by molar-refractivity contribution is -0.207. The van der Waals surface area contributed by atoms with Crippen LogP contribution in [0.15, 0.2) is 0 Å². The highest BCUT2D eigenvalue weighted by Gasteiger charge is 2.50. The zero-order valence-electron chi connectivity index (χ0n) is 23.8. The molecule has 0 spiro atoms. The zero-order valence-corrected chi connectivity index (χ0v) is 24.7. The van der Waals surface area contributed by atoms with Gasteiger partial charge in [-0.05, 0) is 6.42 Å². The topological polar surface area (TPSA) is 227 Å². The van der Waals surface area contributed by atoms with Gasteiger partial charge in [-0.2, -0.15) is 0 Å². The molecule has 0 fully saturated rings. The SMILES string of the molecule is CCC(=O)OC(C(=O)NCCCP(=O)(O)O)C(OC(=O)CC)C(OC(=O)CC)C(OC(=O)CC)C(=O)OCCOC. The number of carbonyl (C=O) groups is 6. The Morgan fingerprint density at radius 2 is 1.15 bits per heavy atom. The van der Waals surface area contributed by atoms with Crippen LogP contribution in [0, 0.1) is 0 Å². The molecule has 236 valence electrons. The molecule has 0 aromatic rings. The second-order valence-electron chi connectivity index (χ2n) is 8.34. The molecule has 16 nitrogen and oxygen atoms in total. The minimum atomic E-state index is -4.38. The molecule has 0 aliphatic carbocycles. The first-order valence-corrected chi connectivity index (χ1v) is 14.8. The third-order valence-corrected chi connectivity index (χ3v) is 5.97. The molecule has 0 rings (SSSR count). The summed E-state index contributed by atoms with van der Waals surface area (Å²) in [6.45, 7) is 4.95. The summed E-state index contributed by atoms with van der Waals surface area (Å²) < 4.78 is 42.2. The second-order valence-corrected chi connectivity index (χ2v) is 10.1. The van der Waals surface area contributed by atoms with E-state index < -0.39 is 73.9 Å². The van der Waals surface area contributed by atoms with Crippen LogP contribution < -0.4 is 5.32 Å². The van der Waals surface area contributed by atoms with Gasteiger partial charge in [-0.3, -0.25) is 28.5 Å². The number of rotatable bonds is 20. The maximum Gasteiger partial charge on any atom is 0.351 e. The van der Waals surface area contributed by atoms with E-state index in [1.807, 2.05) is 0 Å². The van der Waals surface area contributed by atoms with E-state index in [9.17, 15) is 33.3 Å². The Morgan fingerprint density at radius 1 is 0.707 bits per heavy atom. The molecular weight excluding hydrogens is 573 g/mol. The van der Waals surface area contributed by atoms with E-state index in [0.717, 1.165) is 0 Å². The highest BCUT2D eigenvalue weighted by atomic mass is 31.2. The fourth-order valence-electron chi connectivity index (χ4n) is 2.95. The van der Waals surface area contributed by atoms with Gasteiger partial charge in [0, 0.05) is 39.3 Å². The van der Waals surface area contributed by atoms with Crippen molar-refractivity contribution >= 4 is 43.3 Å². The van der Waals surface area contributed by atoms with Crippen LogP contribution in [0.4, 0.5) is 0 Å². The van der Waals surface area contributed by atoms with Gasteiger partial charge in [-0.25, -0.2) is 4.79 Å². The maximum atomic E-state index is 13.2. The Kier molecular flexibility index (Phi) is 18.4. The summed E-state index contributed by atoms with van der Waals surface area (Å²) in [6.07, 6.45) is -9.94. The zero-order chi connectivity index (χ0) is 31.6. The first-order valence-electron chi connectivity index (χ1n) is 13.0. The molecule has 3 N–H and O–H groups in total. The molecule has 0 aliphatic rings. The lowest BCUT2D eigenvalue weighted by atomic mass is 10.0. The van der Waals surface area contributed by atoms with E-state index in [1.165, 1.54) is 34.8 Å². The molecule has 4 atom stereocenters. The molecule has 0 aromatic carbocycles. The van der Waals surface area contributed by atoms with Crippen molar-refractivity contribution in [2.24, 2.45) is 0 Å². The van der Waals surface area contributed by atoms with Gasteiger partial charge in [0.05, 0.1) is 12.8 Å². The van der Waals surface area contributed by atoms with Gasteiger partial charge >= 0.3 is 37.4 Å². The molecule has 4 unspecified atom stereocenters. The molecule has 0 bridgehead atoms. The molecule has 41 heavy (non-hydrogen) atoms. The molecular formula is C24H40NO15P. The molecule has 1 amide bonds. The van der Waals surface area contributed by atoms with Crippen LogP contribution in [-0.4, -0.2) is 103 Å². The summed E-state index contributed by atoms with van der Waals surface area (Å²) in [6, 6.07) is 0. The van der Waals surface area contributed by atoms with Crippen LogP contribution in [0.3, 0.4) is 0 Å². The van der Waals surface area contributed by atoms with E-state index in [4.69, 9.17) is 38.2 Å². The Morgan fingerprint density at radius 3 is 1.59 bits per heavy atom. The molecule has 0 aromatic heterocycles. The Balaban J connectivity index is 6.78. The number of esters is 5. The van der Waals surface area contributed by atoms with Crippen LogP contribution >= 0.6 is 7.60 Å². The minimum absolute atomic E-state index is 0.0540. The number of hydrogen-bond donors (Lipinski definition) is 3. The Labute approximate surface area is 237 Å². The van der Waals surface area contributed by atoms with E-state index in [-0.39, 0.29) is 51.9 Å². The van der Waals surface area contributed by atoms with Gasteiger partial charge in [-0.15, -0.1) is 0 Å². The third kappa shape index (κ3) is 15.5. The van der Waals surface area contributed by atoms with Crippen LogP contribution in [-0.2, 0) is 61.8 Å². The van der Waals surface area contributed by atoms with Crippen molar-refractivity contribution in [2.75, 3.05) is 33.0 Å². The van der Waals surface area contributed by atoms with Gasteiger partial charge in [-0.1, -0.05) is 27.7 Å². The van der Waals surface area contributed by atoms with Gasteiger partial charge in [0.25, 0.3) is 5.91 Å². The molecule has 0 aliphatic heterocycles. The van der Waals surface area contributed by atoms with Crippen LogP contribution in [0.5, 0.6) is 0 Å². The fourth-order valence-corrected chi connectivity index (χ4v) is 3.52. The van der Waals surface area contributed by atoms with Gasteiger partial charge in [0.15, 0.2) is 12.2 Å². The summed E-state index contributed by atoms with van der Waals surface area (Å²) >= 11 is 0. The quantitative estimate of drug-likeness (QED) is 0.0718. The van der Waals surface area contributed by atoms with Gasteiger partial charge < -0.3 is 43.5 Å². The van der Waals surface area contributed by atoms with E-state index >= 15 is 0 Å². The summed E-state index contributed by atoms with van der Waals surface area (Å²) in [7, 11) is -3.05. The molecule has 17 heteroatoms. The van der Waals surface area contributed by atoms with Crippen molar-refractivity contribution in [3.63, 3.8) is 0 Å². The van der Waals surface area contributed by atoms with Crippen LogP contribution in [0.25, 0.3) is 0 Å². The third-order valence-electron chi connectivity index (χ3n) is 5.08. The van der Waals surface area contributed by atoms with E-state index in [2.05, 4.69) is 5.32 Å². The van der Waals surface area contributed by atoms with Crippen molar-refractivity contribution in [1.29, 1.82) is 0 Å². The lowest BCUT2D eigenvalue weighted by Gasteiger charge is -2.34. The van der Waals surface area contributed by atoms with Crippen molar-refractivity contribution in [2.45, 2.75) is 84.2 Å². The second kappa shape index (κ2) is 19.9. The number of nitrogens with one attached hydrogen (secondary N) is 1. The number of carbonyl (C=O) groups excluding carboxylic acids is 6. The average Bonchev–Trinajstić information content (AvgIpc) is 2.93. The van der Waals surface area contributed by atoms with Crippen molar-refractivity contribution in [3.05, 3.63) is 0 Å². The average molecular weight is 614 g/mol. The number of hydrogen-bond acceptors (Lipinski definition) is 13. The summed E-state index contributed by atoms with van der Waals surface area (Å²) in [5.41, 5.74) is 0. The lowest BCUT2D eigenvalue weighted by Crippen LogP contribution is -2.58. The predicted molar refractivity (Wildman–Crippen MR) is 138 cm³/mol. The van der Waals surface area contributed by atoms with Gasteiger partial charge in [0.2, 0.25) is 12.2 Å². The predicted octanol–water partition coefficient (Wildman–Crippen LogP) is 0.147. The largest absolute Gasteiger partial charge is 0.460 e. The molecule has 0 radical (unpaired) electrons. The fraction of sp³-hybridized carbons (Fsp3) is 0.750. The van der Waals surface area contributed by atoms with E-state index in [0.29, 0.717) is 0 Å². The van der Waals surface area contributed by atoms with Crippen molar-refractivity contribution in [1.82, 2.24) is 5.32 Å². The Bertz CT molecular complexity index is 934. The highest BCUT2D eigenvalue weighted by molar-refractivity contribution is 7.51. The smallest absolute Gasteiger partial charge is 0.351 e. The monoisotopic (exact) mass is 613 g/mol. The number of methoxy groups -OCH3 is 1. The summed E-state index contributed by atoms with van der Waals surface area (Å²) in [5, 5.41) is 2.31. The number of amides is 1. The van der Waals surface area contributed by atoms with Crippen LogP contribution in [0.2, 0.25) is 0 Å². The van der Waals surface area contributed by atoms with Gasteiger partial charge in [0.1, 0.15) is 6.61 Å². The summed E-state index contributed by atoms with van der Waals surface area (Å²) in [5.74, 6) is -6.18. The van der Waals surface area contributed by atoms with Crippen molar-refractivity contribution < 1.29 is 71.5 Å². The maximum absolute atomic E-state index is 13.2. The summed E-state index contributed by atoms with van der Waals surface area (Å²) in [4.78, 5) is 93.8. The first kappa shape index (κ1) is 37.9. The molecule has 0 heterocycles. The van der Waals surface area contributed by atoms with Crippen molar-refractivity contribution in [3.8, 4) is 0 Å². The normalized spacial score (nSPS) is 14.0.